The summed E-state index contributed by atoms with van der Waals surface area (Å²) < 4.78 is 12.3. The molecule has 1 saturated heterocycles. The smallest absolute Gasteiger partial charge is 0.415 e. The lowest BCUT2D eigenvalue weighted by molar-refractivity contribution is -0.152. The summed E-state index contributed by atoms with van der Waals surface area (Å²) in [4.78, 5) is 39.8. The minimum Gasteiger partial charge on any atom is -0.478 e. The summed E-state index contributed by atoms with van der Waals surface area (Å²) in [5, 5.41) is 9.46. The van der Waals surface area contributed by atoms with Gasteiger partial charge < -0.3 is 19.5 Å². The van der Waals surface area contributed by atoms with Gasteiger partial charge in [0.15, 0.2) is 11.4 Å². The Bertz CT molecular complexity index is 1360. The van der Waals surface area contributed by atoms with Gasteiger partial charge in [-0.3, -0.25) is 4.79 Å². The lowest BCUT2D eigenvalue weighted by Crippen LogP contribution is -2.38. The van der Waals surface area contributed by atoms with Crippen LogP contribution in [0.25, 0.3) is 0 Å². The Kier molecular flexibility index (Phi) is 8.98. The number of carboxylic acids is 1. The fourth-order valence-electron chi connectivity index (χ4n) is 5.09. The van der Waals surface area contributed by atoms with E-state index in [2.05, 4.69) is 15.9 Å². The number of rotatable bonds is 9. The third-order valence-corrected chi connectivity index (χ3v) is 7.84. The molecule has 0 saturated carbocycles. The summed E-state index contributed by atoms with van der Waals surface area (Å²) >= 11 is 3.42. The van der Waals surface area contributed by atoms with Crippen molar-refractivity contribution in [2.45, 2.75) is 46.1 Å². The molecule has 3 aromatic carbocycles. The largest absolute Gasteiger partial charge is 0.478 e. The molecule has 1 fully saturated rings. The predicted molar refractivity (Wildman–Crippen MR) is 156 cm³/mol. The number of amides is 1. The highest BCUT2D eigenvalue weighted by atomic mass is 79.9. The Balaban J connectivity index is 1.51. The standard InChI is InChI=1S/C32H34BrNO6/c1-20-16-22(17-21(2)29(20)40-32(3,4)30(36)37)10-11-24-18-34(31(38)39-26-8-6-5-7-9-26)19-27(24)28(35)23-12-14-25(33)15-13-23/h5-9,12-17,24,27H,10-11,18-19H2,1-4H3,(H,36,37)/t24-,27-/m1/s1. The van der Waals surface area contributed by atoms with Crippen molar-refractivity contribution in [1.29, 1.82) is 0 Å². The molecular formula is C32H34BrNO6. The van der Waals surface area contributed by atoms with E-state index in [0.29, 0.717) is 43.0 Å². The Labute approximate surface area is 243 Å². The number of hydrogen-bond acceptors (Lipinski definition) is 5. The van der Waals surface area contributed by atoms with Crippen LogP contribution >= 0.6 is 15.9 Å². The number of aliphatic carboxylic acids is 1. The summed E-state index contributed by atoms with van der Waals surface area (Å²) in [6.07, 6.45) is 0.930. The predicted octanol–water partition coefficient (Wildman–Crippen LogP) is 6.87. The van der Waals surface area contributed by atoms with Gasteiger partial charge in [0.2, 0.25) is 0 Å². The molecule has 210 valence electrons. The minimum atomic E-state index is -1.35. The molecule has 3 aromatic rings. The van der Waals surface area contributed by atoms with Crippen LogP contribution in [0, 0.1) is 25.7 Å². The maximum atomic E-state index is 13.6. The van der Waals surface area contributed by atoms with Crippen LogP contribution < -0.4 is 9.47 Å². The molecule has 0 spiro atoms. The van der Waals surface area contributed by atoms with Gasteiger partial charge in [0, 0.05) is 29.0 Å². The van der Waals surface area contributed by atoms with Gasteiger partial charge in [-0.05, 0) is 87.4 Å². The summed E-state index contributed by atoms with van der Waals surface area (Å²) in [7, 11) is 0. The van der Waals surface area contributed by atoms with Crippen LogP contribution in [0.1, 0.15) is 47.3 Å². The van der Waals surface area contributed by atoms with Crippen LogP contribution in [0.15, 0.2) is 71.2 Å². The average Bonchev–Trinajstić information content (AvgIpc) is 3.34. The third kappa shape index (κ3) is 6.91. The van der Waals surface area contributed by atoms with E-state index in [1.54, 1.807) is 41.3 Å². The lowest BCUT2D eigenvalue weighted by atomic mass is 9.84. The number of aryl methyl sites for hydroxylation is 3. The maximum absolute atomic E-state index is 13.6. The molecule has 1 amide bonds. The third-order valence-electron chi connectivity index (χ3n) is 7.31. The molecule has 1 N–H and O–H groups in total. The van der Waals surface area contributed by atoms with Crippen LogP contribution in [0.5, 0.6) is 11.5 Å². The first-order valence-electron chi connectivity index (χ1n) is 13.3. The van der Waals surface area contributed by atoms with Gasteiger partial charge in [-0.1, -0.05) is 58.4 Å². The SMILES string of the molecule is Cc1cc(CC[C@@H]2CN(C(=O)Oc3ccccc3)C[C@H]2C(=O)c2ccc(Br)cc2)cc(C)c1OC(C)(C)C(=O)O. The summed E-state index contributed by atoms with van der Waals surface area (Å²) in [6, 6.07) is 20.2. The van der Waals surface area contributed by atoms with Crippen molar-refractivity contribution in [3.63, 3.8) is 0 Å². The highest BCUT2D eigenvalue weighted by molar-refractivity contribution is 9.10. The van der Waals surface area contributed by atoms with Gasteiger partial charge in [0.1, 0.15) is 11.5 Å². The molecule has 0 bridgehead atoms. The molecule has 1 aliphatic rings. The number of para-hydroxylation sites is 1. The van der Waals surface area contributed by atoms with Crippen molar-refractivity contribution in [3.8, 4) is 11.5 Å². The number of ketones is 1. The van der Waals surface area contributed by atoms with Crippen molar-refractivity contribution < 1.29 is 29.0 Å². The van der Waals surface area contributed by atoms with Gasteiger partial charge in [-0.2, -0.15) is 0 Å². The van der Waals surface area contributed by atoms with Crippen molar-refractivity contribution in [1.82, 2.24) is 4.90 Å². The van der Waals surface area contributed by atoms with E-state index in [1.807, 2.05) is 44.2 Å². The van der Waals surface area contributed by atoms with Crippen molar-refractivity contribution in [3.05, 3.63) is 93.5 Å². The van der Waals surface area contributed by atoms with E-state index in [-0.39, 0.29) is 17.6 Å². The summed E-state index contributed by atoms with van der Waals surface area (Å²) in [5.41, 5.74) is 2.04. The van der Waals surface area contributed by atoms with Crippen LogP contribution in [-0.2, 0) is 11.2 Å². The first-order chi connectivity index (χ1) is 18.9. The second kappa shape index (κ2) is 12.3. The molecule has 0 radical (unpaired) electrons. The lowest BCUT2D eigenvalue weighted by Gasteiger charge is -2.25. The Morgan fingerprint density at radius 3 is 2.20 bits per heavy atom. The number of carbonyl (C=O) groups is 3. The number of halogens is 1. The maximum Gasteiger partial charge on any atom is 0.415 e. The zero-order valence-corrected chi connectivity index (χ0v) is 24.7. The average molecular weight is 609 g/mol. The molecule has 7 nitrogen and oxygen atoms in total. The number of benzene rings is 3. The molecule has 0 aliphatic carbocycles. The van der Waals surface area contributed by atoms with E-state index in [9.17, 15) is 19.5 Å². The highest BCUT2D eigenvalue weighted by Crippen LogP contribution is 2.34. The zero-order valence-electron chi connectivity index (χ0n) is 23.1. The molecule has 8 heteroatoms. The van der Waals surface area contributed by atoms with Gasteiger partial charge in [-0.15, -0.1) is 0 Å². The topological polar surface area (TPSA) is 93.1 Å². The Morgan fingerprint density at radius 2 is 1.60 bits per heavy atom. The first-order valence-corrected chi connectivity index (χ1v) is 14.1. The van der Waals surface area contributed by atoms with Crippen LogP contribution in [0.4, 0.5) is 4.79 Å². The van der Waals surface area contributed by atoms with Gasteiger partial charge >= 0.3 is 12.1 Å². The van der Waals surface area contributed by atoms with Crippen LogP contribution in [-0.4, -0.2) is 46.5 Å². The molecule has 0 unspecified atom stereocenters. The van der Waals surface area contributed by atoms with Crippen LogP contribution in [0.2, 0.25) is 0 Å². The number of ether oxygens (including phenoxy) is 2. The van der Waals surface area contributed by atoms with Gasteiger partial charge in [-0.25, -0.2) is 9.59 Å². The Morgan fingerprint density at radius 1 is 0.975 bits per heavy atom. The second-order valence-electron chi connectivity index (χ2n) is 10.8. The van der Waals surface area contributed by atoms with Crippen molar-refractivity contribution in [2.24, 2.45) is 11.8 Å². The summed E-state index contributed by atoms with van der Waals surface area (Å²) in [5.74, 6) is -0.401. The molecule has 4 rings (SSSR count). The van der Waals surface area contributed by atoms with Crippen molar-refractivity contribution >= 4 is 33.8 Å². The molecule has 2 atom stereocenters. The zero-order chi connectivity index (χ0) is 29.0. The van der Waals surface area contributed by atoms with Crippen LogP contribution in [0.3, 0.4) is 0 Å². The van der Waals surface area contributed by atoms with E-state index in [4.69, 9.17) is 9.47 Å². The van der Waals surface area contributed by atoms with E-state index < -0.39 is 17.7 Å². The number of likely N-dealkylation sites (tertiary alicyclic amines) is 1. The normalized spacial score (nSPS) is 17.0. The Hall–Kier alpha value is -3.65. The molecule has 1 aliphatic heterocycles. The molecule has 1 heterocycles. The highest BCUT2D eigenvalue weighted by Gasteiger charge is 2.40. The number of carbonyl (C=O) groups excluding carboxylic acids is 2. The molecule has 0 aromatic heterocycles. The van der Waals surface area contributed by atoms with Crippen molar-refractivity contribution in [2.75, 3.05) is 13.1 Å². The molecule has 40 heavy (non-hydrogen) atoms. The monoisotopic (exact) mass is 607 g/mol. The number of carboxylic acid groups (broad SMARTS) is 1. The quantitative estimate of drug-likeness (QED) is 0.267. The second-order valence-corrected chi connectivity index (χ2v) is 11.8. The number of Topliss-reactive ketones (excluding diaryl/α,β-unsaturated/α-hetero) is 1. The first kappa shape index (κ1) is 29.3. The fourth-order valence-corrected chi connectivity index (χ4v) is 5.35. The number of nitrogens with zero attached hydrogens (tertiary/aromatic N) is 1. The van der Waals surface area contributed by atoms with Gasteiger partial charge in [0.05, 0.1) is 0 Å². The fraction of sp³-hybridized carbons (Fsp3) is 0.344. The minimum absolute atomic E-state index is 0.0134. The molecular weight excluding hydrogens is 574 g/mol. The number of hydrogen-bond donors (Lipinski definition) is 1. The van der Waals surface area contributed by atoms with E-state index >= 15 is 0 Å². The summed E-state index contributed by atoms with van der Waals surface area (Å²) in [6.45, 7) is 7.57. The van der Waals surface area contributed by atoms with Gasteiger partial charge in [0.25, 0.3) is 0 Å². The van der Waals surface area contributed by atoms with E-state index in [1.165, 1.54) is 13.8 Å². The van der Waals surface area contributed by atoms with E-state index in [0.717, 1.165) is 21.2 Å².